The fourth-order valence-corrected chi connectivity index (χ4v) is 6.56. The molecule has 0 heterocycles. The van der Waals surface area contributed by atoms with Crippen LogP contribution in [-0.4, -0.2) is 50.0 Å². The van der Waals surface area contributed by atoms with Gasteiger partial charge < -0.3 is 10.2 Å². The second-order valence-corrected chi connectivity index (χ2v) is 14.0. The number of nitrogens with zero attached hydrogens (tertiary/aromatic N) is 2. The molecule has 42 heavy (non-hydrogen) atoms. The molecule has 0 aliphatic heterocycles. The Kier molecular flexibility index (Phi) is 10.8. The summed E-state index contributed by atoms with van der Waals surface area (Å²) in [6.45, 7) is 3.59. The highest BCUT2D eigenvalue weighted by molar-refractivity contribution is 9.10. The summed E-state index contributed by atoms with van der Waals surface area (Å²) in [6.07, 6.45) is 6.54. The third-order valence-electron chi connectivity index (χ3n) is 7.93. The molecule has 3 aromatic carbocycles. The topological polar surface area (TPSA) is 86.8 Å². The van der Waals surface area contributed by atoms with Gasteiger partial charge in [-0.25, -0.2) is 8.42 Å². The Morgan fingerprint density at radius 1 is 0.929 bits per heavy atom. The first-order valence-corrected chi connectivity index (χ1v) is 17.1. The summed E-state index contributed by atoms with van der Waals surface area (Å²) in [5, 5.41) is 3.23. The minimum absolute atomic E-state index is 0.0678. The minimum atomic E-state index is -3.81. The van der Waals surface area contributed by atoms with Gasteiger partial charge in [0.05, 0.1) is 11.9 Å². The lowest BCUT2D eigenvalue weighted by Crippen LogP contribution is -2.55. The summed E-state index contributed by atoms with van der Waals surface area (Å²) in [5.74, 6) is -0.651. The summed E-state index contributed by atoms with van der Waals surface area (Å²) in [6, 6.07) is 21.8. The molecule has 2 amide bonds. The van der Waals surface area contributed by atoms with Gasteiger partial charge >= 0.3 is 0 Å². The minimum Gasteiger partial charge on any atom is -0.352 e. The largest absolute Gasteiger partial charge is 0.352 e. The van der Waals surface area contributed by atoms with Crippen LogP contribution in [0.15, 0.2) is 77.3 Å². The van der Waals surface area contributed by atoms with Gasteiger partial charge in [-0.05, 0) is 67.1 Å². The zero-order valence-electron chi connectivity index (χ0n) is 24.6. The highest BCUT2D eigenvalue weighted by Crippen LogP contribution is 2.26. The molecule has 0 aromatic heterocycles. The summed E-state index contributed by atoms with van der Waals surface area (Å²) in [5.41, 5.74) is 4.06. The Balaban J connectivity index is 1.74. The Labute approximate surface area is 258 Å². The van der Waals surface area contributed by atoms with Crippen molar-refractivity contribution in [3.8, 4) is 0 Å². The normalized spacial score (nSPS) is 14.7. The SMILES string of the molecule is Cc1cc(N(CC(=O)N(Cc2ccccc2C)C(Cc2ccccc2)C(=O)NC2CCCCC2)S(C)(=O)=O)ccc1Br. The third kappa shape index (κ3) is 8.44. The fraction of sp³-hybridized carbons (Fsp3) is 0.394. The first-order chi connectivity index (χ1) is 20.0. The van der Waals surface area contributed by atoms with Crippen LogP contribution in [0.5, 0.6) is 0 Å². The highest BCUT2D eigenvalue weighted by atomic mass is 79.9. The molecule has 224 valence electrons. The molecule has 4 rings (SSSR count). The number of carbonyl (C=O) groups excluding carboxylic acids is 2. The maximum Gasteiger partial charge on any atom is 0.244 e. The molecule has 7 nitrogen and oxygen atoms in total. The number of sulfonamides is 1. The molecule has 9 heteroatoms. The van der Waals surface area contributed by atoms with Crippen molar-refractivity contribution in [3.05, 3.63) is 99.5 Å². The van der Waals surface area contributed by atoms with E-state index in [1.165, 1.54) is 0 Å². The van der Waals surface area contributed by atoms with Crippen LogP contribution in [0, 0.1) is 13.8 Å². The van der Waals surface area contributed by atoms with Crippen LogP contribution < -0.4 is 9.62 Å². The summed E-state index contributed by atoms with van der Waals surface area (Å²) in [7, 11) is -3.81. The average Bonchev–Trinajstić information content (AvgIpc) is 2.96. The van der Waals surface area contributed by atoms with Gasteiger partial charge in [0.1, 0.15) is 12.6 Å². The van der Waals surface area contributed by atoms with E-state index in [0.717, 1.165) is 69.4 Å². The number of hydrogen-bond donors (Lipinski definition) is 1. The predicted molar refractivity (Wildman–Crippen MR) is 172 cm³/mol. The number of benzene rings is 3. The first-order valence-electron chi connectivity index (χ1n) is 14.4. The molecular weight excluding hydrogens is 614 g/mol. The van der Waals surface area contributed by atoms with Crippen molar-refractivity contribution >= 4 is 43.5 Å². The molecule has 1 unspecified atom stereocenters. The van der Waals surface area contributed by atoms with Gasteiger partial charge in [0.15, 0.2) is 0 Å². The molecule has 1 N–H and O–H groups in total. The second-order valence-electron chi connectivity index (χ2n) is 11.2. The number of aryl methyl sites for hydroxylation is 2. The van der Waals surface area contributed by atoms with Crippen molar-refractivity contribution in [2.75, 3.05) is 17.1 Å². The van der Waals surface area contributed by atoms with E-state index in [1.807, 2.05) is 68.4 Å². The summed E-state index contributed by atoms with van der Waals surface area (Å²) >= 11 is 3.47. The van der Waals surface area contributed by atoms with Crippen molar-refractivity contribution in [3.63, 3.8) is 0 Å². The maximum atomic E-state index is 14.3. The Morgan fingerprint density at radius 3 is 2.24 bits per heavy atom. The van der Waals surface area contributed by atoms with Gasteiger partial charge in [0.2, 0.25) is 21.8 Å². The van der Waals surface area contributed by atoms with Gasteiger partial charge in [-0.1, -0.05) is 89.8 Å². The number of carbonyl (C=O) groups is 2. The van der Waals surface area contributed by atoms with E-state index in [1.54, 1.807) is 23.1 Å². The Bertz CT molecular complexity index is 1490. The summed E-state index contributed by atoms with van der Waals surface area (Å²) < 4.78 is 28.0. The van der Waals surface area contributed by atoms with Gasteiger partial charge in [-0.2, -0.15) is 0 Å². The van der Waals surface area contributed by atoms with E-state index in [-0.39, 0.29) is 18.5 Å². The molecule has 1 aliphatic rings. The number of hydrogen-bond acceptors (Lipinski definition) is 4. The van der Waals surface area contributed by atoms with Crippen molar-refractivity contribution in [1.29, 1.82) is 0 Å². The van der Waals surface area contributed by atoms with E-state index in [4.69, 9.17) is 0 Å². The lowest BCUT2D eigenvalue weighted by atomic mass is 9.94. The standard InChI is InChI=1S/C33H40BrN3O4S/c1-24-12-10-11-15-27(24)22-36(32(38)23-37(42(3,40)41)29-18-19-30(34)25(2)20-29)31(21-26-13-6-4-7-14-26)33(39)35-28-16-8-5-9-17-28/h4,6-7,10-15,18-20,28,31H,5,8-9,16-17,21-23H2,1-3H3,(H,35,39). The van der Waals surface area contributed by atoms with E-state index in [0.29, 0.717) is 12.1 Å². The molecule has 3 aromatic rings. The van der Waals surface area contributed by atoms with Crippen molar-refractivity contribution in [1.82, 2.24) is 10.2 Å². The fourth-order valence-electron chi connectivity index (χ4n) is 5.47. The molecule has 1 atom stereocenters. The smallest absolute Gasteiger partial charge is 0.244 e. The van der Waals surface area contributed by atoms with Crippen LogP contribution in [0.4, 0.5) is 5.69 Å². The number of anilines is 1. The Hall–Kier alpha value is -3.17. The molecule has 0 saturated heterocycles. The van der Waals surface area contributed by atoms with Crippen LogP contribution in [0.3, 0.4) is 0 Å². The van der Waals surface area contributed by atoms with E-state index >= 15 is 0 Å². The zero-order valence-corrected chi connectivity index (χ0v) is 27.0. The molecular formula is C33H40BrN3O4S. The lowest BCUT2D eigenvalue weighted by molar-refractivity contribution is -0.140. The van der Waals surface area contributed by atoms with E-state index in [9.17, 15) is 18.0 Å². The van der Waals surface area contributed by atoms with Crippen LogP contribution in [0.25, 0.3) is 0 Å². The maximum absolute atomic E-state index is 14.3. The molecule has 1 saturated carbocycles. The number of rotatable bonds is 11. The van der Waals surface area contributed by atoms with Gasteiger partial charge in [0.25, 0.3) is 0 Å². The van der Waals surface area contributed by atoms with Crippen LogP contribution in [0.2, 0.25) is 0 Å². The quantitative estimate of drug-likeness (QED) is 0.278. The summed E-state index contributed by atoms with van der Waals surface area (Å²) in [4.78, 5) is 29.9. The van der Waals surface area contributed by atoms with Crippen molar-refractivity contribution in [2.45, 2.75) is 71.0 Å². The van der Waals surface area contributed by atoms with Gasteiger partial charge in [-0.3, -0.25) is 13.9 Å². The molecule has 1 fully saturated rings. The Morgan fingerprint density at radius 2 is 1.60 bits per heavy atom. The van der Waals surface area contributed by atoms with Crippen molar-refractivity contribution in [2.24, 2.45) is 0 Å². The monoisotopic (exact) mass is 653 g/mol. The second kappa shape index (κ2) is 14.3. The number of nitrogens with one attached hydrogen (secondary N) is 1. The lowest BCUT2D eigenvalue weighted by Gasteiger charge is -2.35. The molecule has 0 radical (unpaired) electrons. The van der Waals surface area contributed by atoms with Crippen LogP contribution >= 0.6 is 15.9 Å². The number of halogens is 1. The first kappa shape index (κ1) is 31.8. The molecule has 1 aliphatic carbocycles. The highest BCUT2D eigenvalue weighted by Gasteiger charge is 2.34. The van der Waals surface area contributed by atoms with Crippen LogP contribution in [-0.2, 0) is 32.6 Å². The third-order valence-corrected chi connectivity index (χ3v) is 9.96. The average molecular weight is 655 g/mol. The van der Waals surface area contributed by atoms with E-state index in [2.05, 4.69) is 21.2 Å². The molecule has 0 bridgehead atoms. The molecule has 0 spiro atoms. The predicted octanol–water partition coefficient (Wildman–Crippen LogP) is 5.92. The van der Waals surface area contributed by atoms with Crippen LogP contribution in [0.1, 0.15) is 54.4 Å². The van der Waals surface area contributed by atoms with Gasteiger partial charge in [-0.15, -0.1) is 0 Å². The zero-order chi connectivity index (χ0) is 30.3. The van der Waals surface area contributed by atoms with Crippen molar-refractivity contribution < 1.29 is 18.0 Å². The number of amides is 2. The van der Waals surface area contributed by atoms with Gasteiger partial charge in [0, 0.05) is 23.5 Å². The van der Waals surface area contributed by atoms with E-state index < -0.39 is 28.5 Å².